The third-order valence-corrected chi connectivity index (χ3v) is 5.28. The van der Waals surface area contributed by atoms with E-state index in [1.54, 1.807) is 23.0 Å². The molecule has 0 bridgehead atoms. The molecule has 0 radical (unpaired) electrons. The van der Waals surface area contributed by atoms with Crippen LogP contribution in [-0.2, 0) is 6.61 Å². The normalized spacial score (nSPS) is 11.4. The van der Waals surface area contributed by atoms with Gasteiger partial charge in [0.1, 0.15) is 34.4 Å². The summed E-state index contributed by atoms with van der Waals surface area (Å²) in [6.45, 7) is 2.43. The molecule has 0 aliphatic rings. The van der Waals surface area contributed by atoms with E-state index >= 15 is 0 Å². The van der Waals surface area contributed by atoms with Gasteiger partial charge >= 0.3 is 0 Å². The van der Waals surface area contributed by atoms with Gasteiger partial charge in [0.15, 0.2) is 5.76 Å². The number of benzene rings is 2. The number of aryl methyl sites for hydroxylation is 1. The van der Waals surface area contributed by atoms with Crippen molar-refractivity contribution in [3.63, 3.8) is 0 Å². The first-order chi connectivity index (χ1) is 13.7. The van der Waals surface area contributed by atoms with Crippen LogP contribution in [0.15, 0.2) is 59.1 Å². The lowest BCUT2D eigenvalue weighted by atomic mass is 10.2. The third kappa shape index (κ3) is 2.99. The van der Waals surface area contributed by atoms with Crippen molar-refractivity contribution in [2.24, 2.45) is 0 Å². The smallest absolute Gasteiger partial charge is 0.212 e. The molecule has 0 spiro atoms. The van der Waals surface area contributed by atoms with Crippen LogP contribution in [0.2, 0.25) is 0 Å². The minimum Gasteiger partial charge on any atom is -0.496 e. The number of hydrogen-bond donors (Lipinski definition) is 0. The van der Waals surface area contributed by atoms with Crippen LogP contribution in [0.5, 0.6) is 11.5 Å². The van der Waals surface area contributed by atoms with Crippen LogP contribution < -0.4 is 9.47 Å². The Morgan fingerprint density at radius 1 is 1.14 bits per heavy atom. The number of ether oxygens (including phenoxy) is 2. The van der Waals surface area contributed by atoms with Crippen molar-refractivity contribution in [1.82, 2.24) is 14.6 Å². The Labute approximate surface area is 165 Å². The molecule has 0 unspecified atom stereocenters. The Hall–Kier alpha value is -3.32. The number of furan rings is 1. The fourth-order valence-electron chi connectivity index (χ4n) is 3.10. The van der Waals surface area contributed by atoms with Crippen molar-refractivity contribution >= 4 is 27.3 Å². The van der Waals surface area contributed by atoms with Crippen LogP contribution in [0.3, 0.4) is 0 Å². The Morgan fingerprint density at radius 3 is 2.79 bits per heavy atom. The summed E-state index contributed by atoms with van der Waals surface area (Å²) >= 11 is 1.54. The zero-order valence-electron chi connectivity index (χ0n) is 15.4. The quantitative estimate of drug-likeness (QED) is 0.417. The Balaban J connectivity index is 1.54. The van der Waals surface area contributed by atoms with Gasteiger partial charge in [0.05, 0.1) is 18.7 Å². The van der Waals surface area contributed by atoms with Gasteiger partial charge in [0, 0.05) is 12.1 Å². The second-order valence-corrected chi connectivity index (χ2v) is 7.56. The first kappa shape index (κ1) is 16.8. The molecule has 0 amide bonds. The van der Waals surface area contributed by atoms with E-state index in [9.17, 15) is 0 Å². The highest BCUT2D eigenvalue weighted by Crippen LogP contribution is 2.37. The van der Waals surface area contributed by atoms with E-state index in [2.05, 4.69) is 10.1 Å². The van der Waals surface area contributed by atoms with Crippen molar-refractivity contribution in [3.05, 3.63) is 65.3 Å². The van der Waals surface area contributed by atoms with Crippen molar-refractivity contribution in [2.45, 2.75) is 13.5 Å². The van der Waals surface area contributed by atoms with Gasteiger partial charge < -0.3 is 13.9 Å². The molecule has 0 atom stereocenters. The zero-order valence-corrected chi connectivity index (χ0v) is 16.2. The molecule has 0 fully saturated rings. The number of methoxy groups -OCH3 is 1. The lowest BCUT2D eigenvalue weighted by Gasteiger charge is -2.09. The van der Waals surface area contributed by atoms with E-state index in [4.69, 9.17) is 13.9 Å². The molecular formula is C21H17N3O3S. The summed E-state index contributed by atoms with van der Waals surface area (Å²) < 4.78 is 19.3. The largest absolute Gasteiger partial charge is 0.496 e. The molecule has 0 saturated carbocycles. The summed E-state index contributed by atoms with van der Waals surface area (Å²) in [6.07, 6.45) is 1.87. The van der Waals surface area contributed by atoms with Crippen LogP contribution >= 0.6 is 11.3 Å². The van der Waals surface area contributed by atoms with E-state index < -0.39 is 0 Å². The second-order valence-electron chi connectivity index (χ2n) is 6.40. The molecule has 2 aromatic carbocycles. The molecule has 140 valence electrons. The van der Waals surface area contributed by atoms with Gasteiger partial charge in [-0.2, -0.15) is 5.10 Å². The number of aromatic nitrogens is 3. The van der Waals surface area contributed by atoms with Gasteiger partial charge in [0.2, 0.25) is 4.96 Å². The summed E-state index contributed by atoms with van der Waals surface area (Å²) in [5.74, 6) is 2.06. The SMILES string of the molecule is COc1cc(OCc2ccccc2)c2cc(-c3cn4nc(C)sc4n3)oc2c1. The van der Waals surface area contributed by atoms with E-state index in [-0.39, 0.29) is 0 Å². The molecule has 5 aromatic rings. The highest BCUT2D eigenvalue weighted by Gasteiger charge is 2.16. The number of imidazole rings is 1. The molecule has 28 heavy (non-hydrogen) atoms. The molecule has 0 saturated heterocycles. The first-order valence-corrected chi connectivity index (χ1v) is 9.63. The van der Waals surface area contributed by atoms with Crippen LogP contribution in [0.25, 0.3) is 27.4 Å². The van der Waals surface area contributed by atoms with Crippen LogP contribution in [0.1, 0.15) is 10.6 Å². The van der Waals surface area contributed by atoms with E-state index in [0.717, 1.165) is 26.6 Å². The topological polar surface area (TPSA) is 61.8 Å². The summed E-state index contributed by atoms with van der Waals surface area (Å²) in [6, 6.07) is 15.7. The fourth-order valence-corrected chi connectivity index (χ4v) is 3.82. The molecule has 6 nitrogen and oxygen atoms in total. The standard InChI is InChI=1S/C21H17N3O3S/c1-13-23-24-11-17(22-21(24)28-13)20-10-16-18(8-15(25-2)9-19(16)27-20)26-12-14-6-4-3-5-7-14/h3-11H,12H2,1-2H3. The number of nitrogens with zero attached hydrogens (tertiary/aromatic N) is 3. The van der Waals surface area contributed by atoms with E-state index in [1.807, 2.05) is 61.7 Å². The monoisotopic (exact) mass is 391 g/mol. The molecule has 3 heterocycles. The van der Waals surface area contributed by atoms with Crippen molar-refractivity contribution in [2.75, 3.05) is 7.11 Å². The van der Waals surface area contributed by atoms with Crippen molar-refractivity contribution in [1.29, 1.82) is 0 Å². The van der Waals surface area contributed by atoms with Gasteiger partial charge in [-0.25, -0.2) is 9.50 Å². The minimum absolute atomic E-state index is 0.465. The molecule has 7 heteroatoms. The maximum atomic E-state index is 6.08. The number of hydrogen-bond acceptors (Lipinski definition) is 6. The van der Waals surface area contributed by atoms with Crippen LogP contribution in [0, 0.1) is 6.92 Å². The Morgan fingerprint density at radius 2 is 2.00 bits per heavy atom. The van der Waals surface area contributed by atoms with E-state index in [0.29, 0.717) is 29.4 Å². The average Bonchev–Trinajstić information content (AvgIpc) is 3.38. The van der Waals surface area contributed by atoms with Gasteiger partial charge in [-0.05, 0) is 18.6 Å². The van der Waals surface area contributed by atoms with Crippen LogP contribution in [-0.4, -0.2) is 21.7 Å². The van der Waals surface area contributed by atoms with Crippen LogP contribution in [0.4, 0.5) is 0 Å². The molecule has 0 aliphatic carbocycles. The molecule has 0 N–H and O–H groups in total. The Kier molecular flexibility index (Phi) is 4.02. The summed E-state index contributed by atoms with van der Waals surface area (Å²) in [4.78, 5) is 5.46. The molecule has 0 aliphatic heterocycles. The average molecular weight is 391 g/mol. The first-order valence-electron chi connectivity index (χ1n) is 8.81. The number of rotatable bonds is 5. The maximum Gasteiger partial charge on any atom is 0.212 e. The predicted molar refractivity (Wildman–Crippen MR) is 108 cm³/mol. The lowest BCUT2D eigenvalue weighted by Crippen LogP contribution is -1.96. The summed E-state index contributed by atoms with van der Waals surface area (Å²) in [5.41, 5.74) is 2.53. The molecule has 5 rings (SSSR count). The van der Waals surface area contributed by atoms with E-state index in [1.165, 1.54) is 0 Å². The summed E-state index contributed by atoms with van der Waals surface area (Å²) in [7, 11) is 1.63. The fraction of sp³-hybridized carbons (Fsp3) is 0.143. The van der Waals surface area contributed by atoms with Gasteiger partial charge in [-0.3, -0.25) is 0 Å². The summed E-state index contributed by atoms with van der Waals surface area (Å²) in [5, 5.41) is 6.26. The molecule has 3 aromatic heterocycles. The van der Waals surface area contributed by atoms with Gasteiger partial charge in [0.25, 0.3) is 0 Å². The Bertz CT molecular complexity index is 1240. The minimum atomic E-state index is 0.465. The van der Waals surface area contributed by atoms with Gasteiger partial charge in [-0.1, -0.05) is 41.7 Å². The maximum absolute atomic E-state index is 6.08. The van der Waals surface area contributed by atoms with Crippen molar-refractivity contribution in [3.8, 4) is 23.0 Å². The molecular weight excluding hydrogens is 374 g/mol. The second kappa shape index (κ2) is 6.69. The number of fused-ring (bicyclic) bond motifs is 2. The zero-order chi connectivity index (χ0) is 19.1. The predicted octanol–water partition coefficient (Wildman–Crippen LogP) is 5.10. The van der Waals surface area contributed by atoms with Gasteiger partial charge in [-0.15, -0.1) is 0 Å². The lowest BCUT2D eigenvalue weighted by molar-refractivity contribution is 0.307. The highest BCUT2D eigenvalue weighted by atomic mass is 32.1. The van der Waals surface area contributed by atoms with Crippen molar-refractivity contribution < 1.29 is 13.9 Å². The third-order valence-electron chi connectivity index (χ3n) is 4.44. The highest BCUT2D eigenvalue weighted by molar-refractivity contribution is 7.16.